The number of amides is 2. The first-order valence-electron chi connectivity index (χ1n) is 9.60. The zero-order valence-corrected chi connectivity index (χ0v) is 17.6. The molecule has 156 valence electrons. The van der Waals surface area contributed by atoms with Crippen molar-refractivity contribution in [3.05, 3.63) is 65.2 Å². The molecule has 6 heteroatoms. The second-order valence-electron chi connectivity index (χ2n) is 6.81. The Kier molecular flexibility index (Phi) is 6.57. The molecule has 0 spiro atoms. The van der Waals surface area contributed by atoms with Gasteiger partial charge in [-0.3, -0.25) is 14.5 Å². The molecule has 0 bridgehead atoms. The SMILES string of the molecule is COc1cc(/C=C/C(=O)N2CCC=C(c3ccccc3C)C2=O)cc(OC)c1OC. The lowest BCUT2D eigenvalue weighted by atomic mass is 9.96. The van der Waals surface area contributed by atoms with Crippen LogP contribution in [0.15, 0.2) is 48.6 Å². The molecular weight excluding hydrogens is 382 g/mol. The molecule has 0 atom stereocenters. The minimum absolute atomic E-state index is 0.282. The van der Waals surface area contributed by atoms with Gasteiger partial charge >= 0.3 is 0 Å². The Hall–Kier alpha value is -3.54. The minimum atomic E-state index is -0.368. The number of hydrogen-bond acceptors (Lipinski definition) is 5. The summed E-state index contributed by atoms with van der Waals surface area (Å²) >= 11 is 0. The number of methoxy groups -OCH3 is 3. The zero-order chi connectivity index (χ0) is 21.7. The fourth-order valence-corrected chi connectivity index (χ4v) is 3.44. The fraction of sp³-hybridized carbons (Fsp3) is 0.250. The maximum absolute atomic E-state index is 13.0. The summed E-state index contributed by atoms with van der Waals surface area (Å²) in [6.45, 7) is 2.31. The fourth-order valence-electron chi connectivity index (χ4n) is 3.44. The molecule has 0 fully saturated rings. The molecule has 0 N–H and O–H groups in total. The Labute approximate surface area is 176 Å². The molecule has 30 heavy (non-hydrogen) atoms. The highest BCUT2D eigenvalue weighted by molar-refractivity contribution is 6.25. The first-order chi connectivity index (χ1) is 14.5. The summed E-state index contributed by atoms with van der Waals surface area (Å²) in [7, 11) is 4.59. The molecule has 0 radical (unpaired) electrons. The van der Waals surface area contributed by atoms with E-state index in [2.05, 4.69) is 0 Å². The van der Waals surface area contributed by atoms with E-state index < -0.39 is 0 Å². The molecular formula is C24H25NO5. The summed E-state index contributed by atoms with van der Waals surface area (Å²) < 4.78 is 16.0. The number of hydrogen-bond donors (Lipinski definition) is 0. The van der Waals surface area contributed by atoms with Gasteiger partial charge in [-0.1, -0.05) is 30.3 Å². The van der Waals surface area contributed by atoms with Crippen LogP contribution in [0.2, 0.25) is 0 Å². The molecule has 3 rings (SSSR count). The van der Waals surface area contributed by atoms with Gasteiger partial charge in [-0.15, -0.1) is 0 Å². The summed E-state index contributed by atoms with van der Waals surface area (Å²) in [5.74, 6) is 0.802. The van der Waals surface area contributed by atoms with Crippen LogP contribution >= 0.6 is 0 Å². The molecule has 2 aromatic carbocycles. The van der Waals surface area contributed by atoms with Gasteiger partial charge in [0.15, 0.2) is 11.5 Å². The zero-order valence-electron chi connectivity index (χ0n) is 17.6. The first-order valence-corrected chi connectivity index (χ1v) is 9.60. The van der Waals surface area contributed by atoms with Crippen LogP contribution in [0.4, 0.5) is 0 Å². The lowest BCUT2D eigenvalue weighted by Crippen LogP contribution is -2.39. The van der Waals surface area contributed by atoms with E-state index in [1.165, 1.54) is 32.3 Å². The average Bonchev–Trinajstić information content (AvgIpc) is 2.77. The molecule has 1 heterocycles. The van der Waals surface area contributed by atoms with Crippen LogP contribution in [0, 0.1) is 6.92 Å². The first kappa shape index (κ1) is 21.2. The normalized spacial score (nSPS) is 13.9. The Morgan fingerprint density at radius 3 is 2.30 bits per heavy atom. The number of aryl methyl sites for hydroxylation is 1. The van der Waals surface area contributed by atoms with Crippen LogP contribution in [0.5, 0.6) is 17.2 Å². The molecule has 6 nitrogen and oxygen atoms in total. The average molecular weight is 407 g/mol. The molecule has 2 aromatic rings. The van der Waals surface area contributed by atoms with Crippen molar-refractivity contribution in [2.45, 2.75) is 13.3 Å². The maximum Gasteiger partial charge on any atom is 0.261 e. The van der Waals surface area contributed by atoms with Gasteiger partial charge in [-0.2, -0.15) is 0 Å². The number of ether oxygens (including phenoxy) is 3. The molecule has 0 aliphatic carbocycles. The number of imide groups is 1. The maximum atomic E-state index is 13.0. The Balaban J connectivity index is 1.83. The van der Waals surface area contributed by atoms with Crippen molar-refractivity contribution in [1.29, 1.82) is 0 Å². The second-order valence-corrected chi connectivity index (χ2v) is 6.81. The Bertz CT molecular complexity index is 997. The van der Waals surface area contributed by atoms with Crippen molar-refractivity contribution in [3.63, 3.8) is 0 Å². The van der Waals surface area contributed by atoms with E-state index >= 15 is 0 Å². The standard InChI is InChI=1S/C24H25NO5/c1-16-8-5-6-9-18(16)19-10-7-13-25(24(19)27)22(26)12-11-17-14-20(28-2)23(30-4)21(15-17)29-3/h5-6,8-12,14-15H,7,13H2,1-4H3/b12-11+. The van der Waals surface area contributed by atoms with Crippen LogP contribution in [0.25, 0.3) is 11.6 Å². The van der Waals surface area contributed by atoms with E-state index in [-0.39, 0.29) is 11.8 Å². The third-order valence-electron chi connectivity index (χ3n) is 4.98. The largest absolute Gasteiger partial charge is 0.493 e. The second kappa shape index (κ2) is 9.31. The van der Waals surface area contributed by atoms with E-state index in [1.54, 1.807) is 18.2 Å². The molecule has 2 amide bonds. The van der Waals surface area contributed by atoms with Gasteiger partial charge < -0.3 is 14.2 Å². The van der Waals surface area contributed by atoms with Crippen molar-refractivity contribution in [2.24, 2.45) is 0 Å². The minimum Gasteiger partial charge on any atom is -0.493 e. The summed E-state index contributed by atoms with van der Waals surface area (Å²) in [5.41, 5.74) is 3.11. The van der Waals surface area contributed by atoms with Crippen molar-refractivity contribution in [2.75, 3.05) is 27.9 Å². The van der Waals surface area contributed by atoms with E-state index in [0.29, 0.717) is 41.4 Å². The summed E-state index contributed by atoms with van der Waals surface area (Å²) in [4.78, 5) is 27.0. The van der Waals surface area contributed by atoms with Crippen molar-refractivity contribution >= 4 is 23.5 Å². The van der Waals surface area contributed by atoms with Gasteiger partial charge in [0.05, 0.1) is 21.3 Å². The number of rotatable bonds is 6. The number of benzene rings is 2. The highest BCUT2D eigenvalue weighted by Gasteiger charge is 2.27. The van der Waals surface area contributed by atoms with Gasteiger partial charge in [-0.05, 0) is 48.2 Å². The summed E-state index contributed by atoms with van der Waals surface area (Å²) in [6.07, 6.45) is 5.54. The molecule has 0 saturated heterocycles. The highest BCUT2D eigenvalue weighted by atomic mass is 16.5. The molecule has 1 aliphatic heterocycles. The third kappa shape index (κ3) is 4.22. The molecule has 0 aromatic heterocycles. The smallest absolute Gasteiger partial charge is 0.261 e. The summed E-state index contributed by atoms with van der Waals surface area (Å²) in [5, 5.41) is 0. The summed E-state index contributed by atoms with van der Waals surface area (Å²) in [6, 6.07) is 11.1. The predicted octanol–water partition coefficient (Wildman–Crippen LogP) is 3.88. The van der Waals surface area contributed by atoms with Crippen molar-refractivity contribution < 1.29 is 23.8 Å². The molecule has 0 saturated carbocycles. The van der Waals surface area contributed by atoms with E-state index in [4.69, 9.17) is 14.2 Å². The quantitative estimate of drug-likeness (QED) is 0.680. The van der Waals surface area contributed by atoms with Crippen LogP contribution in [0.3, 0.4) is 0 Å². The predicted molar refractivity (Wildman–Crippen MR) is 116 cm³/mol. The molecule has 1 aliphatic rings. The van der Waals surface area contributed by atoms with E-state index in [1.807, 2.05) is 37.3 Å². The third-order valence-corrected chi connectivity index (χ3v) is 4.98. The highest BCUT2D eigenvalue weighted by Crippen LogP contribution is 2.38. The van der Waals surface area contributed by atoms with Gasteiger partial charge in [0.1, 0.15) is 0 Å². The van der Waals surface area contributed by atoms with Crippen LogP contribution in [-0.2, 0) is 9.59 Å². The lowest BCUT2D eigenvalue weighted by molar-refractivity contribution is -0.138. The van der Waals surface area contributed by atoms with Crippen LogP contribution < -0.4 is 14.2 Å². The Morgan fingerprint density at radius 1 is 1.03 bits per heavy atom. The number of carbonyl (C=O) groups is 2. The van der Waals surface area contributed by atoms with Gasteiger partial charge in [0.25, 0.3) is 11.8 Å². The Morgan fingerprint density at radius 2 is 1.70 bits per heavy atom. The van der Waals surface area contributed by atoms with Crippen molar-refractivity contribution in [3.8, 4) is 17.2 Å². The topological polar surface area (TPSA) is 65.1 Å². The van der Waals surface area contributed by atoms with Crippen LogP contribution in [0.1, 0.15) is 23.1 Å². The van der Waals surface area contributed by atoms with Gasteiger partial charge in [0.2, 0.25) is 5.75 Å². The van der Waals surface area contributed by atoms with Crippen molar-refractivity contribution in [1.82, 2.24) is 4.90 Å². The monoisotopic (exact) mass is 407 g/mol. The van der Waals surface area contributed by atoms with E-state index in [9.17, 15) is 9.59 Å². The number of carbonyl (C=O) groups excluding carboxylic acids is 2. The molecule has 0 unspecified atom stereocenters. The van der Waals surface area contributed by atoms with E-state index in [0.717, 1.165) is 11.1 Å². The number of nitrogens with zero attached hydrogens (tertiary/aromatic N) is 1. The lowest BCUT2D eigenvalue weighted by Gasteiger charge is -2.25. The van der Waals surface area contributed by atoms with Crippen LogP contribution in [-0.4, -0.2) is 44.6 Å². The van der Waals surface area contributed by atoms with Gasteiger partial charge in [0, 0.05) is 18.2 Å². The van der Waals surface area contributed by atoms with Gasteiger partial charge in [-0.25, -0.2) is 0 Å².